The molecule has 0 bridgehead atoms. The maximum absolute atomic E-state index is 12.4. The van der Waals surface area contributed by atoms with Gasteiger partial charge >= 0.3 is 0 Å². The van der Waals surface area contributed by atoms with E-state index in [2.05, 4.69) is 15.0 Å². The molecule has 0 saturated carbocycles. The summed E-state index contributed by atoms with van der Waals surface area (Å²) in [5, 5.41) is 7.92. The standard InChI is InChI=1S/C17H18N4O4S/c1-12(13-7-9-14(25-2)10-8-13)19-26(23,24)11-21-17(22)15-5-3-4-6-16(15)18-20-21/h3-10,12,19H,11H2,1-2H3/t12-/m0/s1. The number of hydrogen-bond acceptors (Lipinski definition) is 6. The molecule has 1 heterocycles. The van der Waals surface area contributed by atoms with Crippen molar-refractivity contribution in [3.05, 3.63) is 64.4 Å². The summed E-state index contributed by atoms with van der Waals surface area (Å²) in [6, 6.07) is 13.2. The van der Waals surface area contributed by atoms with Gasteiger partial charge in [0.25, 0.3) is 5.56 Å². The Balaban J connectivity index is 1.80. The van der Waals surface area contributed by atoms with Gasteiger partial charge in [-0.05, 0) is 36.8 Å². The lowest BCUT2D eigenvalue weighted by atomic mass is 10.1. The van der Waals surface area contributed by atoms with Crippen LogP contribution >= 0.6 is 0 Å². The van der Waals surface area contributed by atoms with Crippen LogP contribution in [-0.2, 0) is 15.9 Å². The molecule has 0 radical (unpaired) electrons. The Morgan fingerprint density at radius 2 is 1.85 bits per heavy atom. The van der Waals surface area contributed by atoms with Gasteiger partial charge in [0.2, 0.25) is 10.0 Å². The molecule has 0 unspecified atom stereocenters. The van der Waals surface area contributed by atoms with Crippen molar-refractivity contribution in [2.45, 2.75) is 18.8 Å². The molecule has 0 aliphatic heterocycles. The number of benzene rings is 2. The Morgan fingerprint density at radius 3 is 2.54 bits per heavy atom. The first-order valence-corrected chi connectivity index (χ1v) is 9.51. The quantitative estimate of drug-likeness (QED) is 0.700. The van der Waals surface area contributed by atoms with E-state index in [1.165, 1.54) is 0 Å². The summed E-state index contributed by atoms with van der Waals surface area (Å²) in [6.45, 7) is 1.72. The monoisotopic (exact) mass is 374 g/mol. The molecule has 1 aromatic heterocycles. The minimum atomic E-state index is -3.81. The topological polar surface area (TPSA) is 103 Å². The number of nitrogens with one attached hydrogen (secondary N) is 1. The van der Waals surface area contributed by atoms with Gasteiger partial charge in [0.1, 0.15) is 11.3 Å². The van der Waals surface area contributed by atoms with E-state index in [1.807, 2.05) is 0 Å². The number of hydrogen-bond donors (Lipinski definition) is 1. The molecule has 1 N–H and O–H groups in total. The number of ether oxygens (including phenoxy) is 1. The third kappa shape index (κ3) is 3.89. The summed E-state index contributed by atoms with van der Waals surface area (Å²) in [6.07, 6.45) is 0. The summed E-state index contributed by atoms with van der Waals surface area (Å²) >= 11 is 0. The van der Waals surface area contributed by atoms with Gasteiger partial charge in [-0.1, -0.05) is 29.5 Å². The lowest BCUT2D eigenvalue weighted by molar-refractivity contribution is 0.414. The molecular weight excluding hydrogens is 356 g/mol. The van der Waals surface area contributed by atoms with Crippen molar-refractivity contribution < 1.29 is 13.2 Å². The van der Waals surface area contributed by atoms with Crippen molar-refractivity contribution in [2.24, 2.45) is 0 Å². The van der Waals surface area contributed by atoms with E-state index in [4.69, 9.17) is 4.74 Å². The van der Waals surface area contributed by atoms with Gasteiger partial charge in [0, 0.05) is 6.04 Å². The minimum absolute atomic E-state index is 0.320. The zero-order chi connectivity index (χ0) is 18.7. The van der Waals surface area contributed by atoms with Crippen molar-refractivity contribution in [1.82, 2.24) is 19.7 Å². The van der Waals surface area contributed by atoms with Gasteiger partial charge in [-0.25, -0.2) is 13.1 Å². The van der Waals surface area contributed by atoms with Gasteiger partial charge in [-0.3, -0.25) is 4.79 Å². The molecule has 3 aromatic rings. The number of sulfonamides is 1. The highest BCUT2D eigenvalue weighted by Gasteiger charge is 2.19. The number of rotatable bonds is 6. The highest BCUT2D eigenvalue weighted by molar-refractivity contribution is 7.88. The molecule has 9 heteroatoms. The Hall–Kier alpha value is -2.78. The predicted octanol–water partition coefficient (Wildman–Crippen LogP) is 1.44. The molecule has 0 saturated heterocycles. The second kappa shape index (κ2) is 7.22. The molecule has 1 atom stereocenters. The normalized spacial score (nSPS) is 12.8. The molecule has 0 spiro atoms. The second-order valence-electron chi connectivity index (χ2n) is 5.77. The largest absolute Gasteiger partial charge is 0.497 e. The van der Waals surface area contributed by atoms with Crippen LogP contribution in [0.25, 0.3) is 10.9 Å². The third-order valence-electron chi connectivity index (χ3n) is 3.89. The van der Waals surface area contributed by atoms with Gasteiger partial charge in [-0.15, -0.1) is 5.10 Å². The van der Waals surface area contributed by atoms with Crippen molar-refractivity contribution >= 4 is 20.9 Å². The van der Waals surface area contributed by atoms with Crippen molar-refractivity contribution in [3.63, 3.8) is 0 Å². The van der Waals surface area contributed by atoms with Crippen LogP contribution in [0, 0.1) is 0 Å². The van der Waals surface area contributed by atoms with E-state index >= 15 is 0 Å². The van der Waals surface area contributed by atoms with E-state index in [-0.39, 0.29) is 0 Å². The Labute approximate surface area is 150 Å². The summed E-state index contributed by atoms with van der Waals surface area (Å²) < 4.78 is 33.3. The van der Waals surface area contributed by atoms with Gasteiger partial charge < -0.3 is 4.74 Å². The van der Waals surface area contributed by atoms with Crippen molar-refractivity contribution in [1.29, 1.82) is 0 Å². The summed E-state index contributed by atoms with van der Waals surface area (Å²) in [4.78, 5) is 12.4. The van der Waals surface area contributed by atoms with Gasteiger partial charge in [0.15, 0.2) is 5.88 Å². The Morgan fingerprint density at radius 1 is 1.15 bits per heavy atom. The van der Waals surface area contributed by atoms with Crippen LogP contribution in [0.3, 0.4) is 0 Å². The van der Waals surface area contributed by atoms with Gasteiger partial charge in [-0.2, -0.15) is 4.68 Å². The van der Waals surface area contributed by atoms with E-state index in [0.29, 0.717) is 16.7 Å². The lowest BCUT2D eigenvalue weighted by Gasteiger charge is -2.15. The highest BCUT2D eigenvalue weighted by Crippen LogP contribution is 2.18. The molecule has 8 nitrogen and oxygen atoms in total. The lowest BCUT2D eigenvalue weighted by Crippen LogP contribution is -2.35. The van der Waals surface area contributed by atoms with E-state index in [9.17, 15) is 13.2 Å². The van der Waals surface area contributed by atoms with Gasteiger partial charge in [0.05, 0.1) is 12.5 Å². The molecular formula is C17H18N4O4S. The molecule has 0 amide bonds. The van der Waals surface area contributed by atoms with E-state index in [0.717, 1.165) is 10.2 Å². The molecule has 3 rings (SSSR count). The van der Waals surface area contributed by atoms with E-state index < -0.39 is 27.5 Å². The molecule has 26 heavy (non-hydrogen) atoms. The molecule has 136 valence electrons. The number of nitrogens with zero attached hydrogens (tertiary/aromatic N) is 3. The fraction of sp³-hybridized carbons (Fsp3) is 0.235. The van der Waals surface area contributed by atoms with Crippen LogP contribution in [0.4, 0.5) is 0 Å². The number of methoxy groups -OCH3 is 1. The van der Waals surface area contributed by atoms with Crippen LogP contribution in [0.5, 0.6) is 5.75 Å². The zero-order valence-corrected chi connectivity index (χ0v) is 15.1. The van der Waals surface area contributed by atoms with Crippen LogP contribution in [-0.4, -0.2) is 30.5 Å². The maximum Gasteiger partial charge on any atom is 0.278 e. The van der Waals surface area contributed by atoms with Crippen LogP contribution in [0.1, 0.15) is 18.5 Å². The Bertz CT molecular complexity index is 1080. The molecule has 0 fully saturated rings. The van der Waals surface area contributed by atoms with Crippen LogP contribution in [0.15, 0.2) is 53.3 Å². The predicted molar refractivity (Wildman–Crippen MR) is 97.3 cm³/mol. The van der Waals surface area contributed by atoms with Crippen molar-refractivity contribution in [3.8, 4) is 5.75 Å². The molecule has 2 aromatic carbocycles. The zero-order valence-electron chi connectivity index (χ0n) is 14.3. The molecule has 0 aliphatic carbocycles. The second-order valence-corrected chi connectivity index (χ2v) is 7.49. The average Bonchev–Trinajstić information content (AvgIpc) is 2.64. The number of aromatic nitrogens is 3. The number of fused-ring (bicyclic) bond motifs is 1. The van der Waals surface area contributed by atoms with Crippen LogP contribution in [0.2, 0.25) is 0 Å². The Kier molecular flexibility index (Phi) is 5.01. The smallest absolute Gasteiger partial charge is 0.278 e. The SMILES string of the molecule is COc1ccc([C@H](C)NS(=O)(=O)Cn2nnc3ccccc3c2=O)cc1. The fourth-order valence-corrected chi connectivity index (χ4v) is 3.78. The summed E-state index contributed by atoms with van der Waals surface area (Å²) in [5.74, 6) is 0.0752. The fourth-order valence-electron chi connectivity index (χ4n) is 2.54. The van der Waals surface area contributed by atoms with E-state index in [1.54, 1.807) is 62.6 Å². The first kappa shape index (κ1) is 18.0. The average molecular weight is 374 g/mol. The summed E-state index contributed by atoms with van der Waals surface area (Å²) in [5.41, 5.74) is 0.690. The van der Waals surface area contributed by atoms with Crippen LogP contribution < -0.4 is 15.0 Å². The maximum atomic E-state index is 12.4. The molecule has 0 aliphatic rings. The first-order valence-electron chi connectivity index (χ1n) is 7.86. The first-order chi connectivity index (χ1) is 12.4. The van der Waals surface area contributed by atoms with Crippen molar-refractivity contribution in [2.75, 3.05) is 7.11 Å². The summed E-state index contributed by atoms with van der Waals surface area (Å²) in [7, 11) is -2.25. The minimum Gasteiger partial charge on any atom is -0.497 e. The highest BCUT2D eigenvalue weighted by atomic mass is 32.2. The third-order valence-corrected chi connectivity index (χ3v) is 5.19.